The summed E-state index contributed by atoms with van der Waals surface area (Å²) in [7, 11) is 0. The number of rotatable bonds is 6. The summed E-state index contributed by atoms with van der Waals surface area (Å²) in [4.78, 5) is 16.4. The van der Waals surface area contributed by atoms with Crippen LogP contribution in [0.25, 0.3) is 11.1 Å². The highest BCUT2D eigenvalue weighted by Crippen LogP contribution is 2.46. The molecule has 6 nitrogen and oxygen atoms in total. The molecule has 1 aliphatic carbocycles. The fourth-order valence-corrected chi connectivity index (χ4v) is 4.22. The normalized spacial score (nSPS) is 12.8. The van der Waals surface area contributed by atoms with Crippen LogP contribution in [-0.2, 0) is 11.3 Å². The van der Waals surface area contributed by atoms with Crippen molar-refractivity contribution in [2.24, 2.45) is 0 Å². The zero-order chi connectivity index (χ0) is 22.8. The van der Waals surface area contributed by atoms with Crippen LogP contribution < -0.4 is 0 Å². The molecule has 32 heavy (non-hydrogen) atoms. The molecule has 1 aliphatic rings. The van der Waals surface area contributed by atoms with Gasteiger partial charge in [0, 0.05) is 35.6 Å². The van der Waals surface area contributed by atoms with Gasteiger partial charge in [0.2, 0.25) is 0 Å². The molecule has 0 amide bonds. The first kappa shape index (κ1) is 21.6. The number of hydrogen-bond acceptors (Lipinski definition) is 5. The molecule has 0 atom stereocenters. The van der Waals surface area contributed by atoms with Gasteiger partial charge in [0.1, 0.15) is 11.2 Å². The van der Waals surface area contributed by atoms with Gasteiger partial charge in [-0.15, -0.1) is 0 Å². The van der Waals surface area contributed by atoms with Gasteiger partial charge in [-0.1, -0.05) is 23.7 Å². The Hall–Kier alpha value is -3.61. The Morgan fingerprint density at radius 3 is 2.56 bits per heavy atom. The SMILES string of the molecule is CCOC(=O)c1cc(Cn2c(C)c(-c3ccc(C#N)cc3)c(C#N)c2C2CC2)cnc1Cl. The fraction of sp³-hybridized carbons (Fsp3) is 0.280. The molecule has 0 N–H and O–H groups in total. The van der Waals surface area contributed by atoms with Gasteiger partial charge in [0.15, 0.2) is 0 Å². The van der Waals surface area contributed by atoms with Crippen LogP contribution in [0.2, 0.25) is 5.15 Å². The topological polar surface area (TPSA) is 91.7 Å². The van der Waals surface area contributed by atoms with Gasteiger partial charge in [-0.05, 0) is 56.0 Å². The van der Waals surface area contributed by atoms with E-state index in [0.29, 0.717) is 23.6 Å². The molecule has 0 radical (unpaired) electrons. The van der Waals surface area contributed by atoms with E-state index in [1.54, 1.807) is 31.3 Å². The second-order valence-electron chi connectivity index (χ2n) is 7.78. The number of carbonyl (C=O) groups is 1. The minimum Gasteiger partial charge on any atom is -0.462 e. The first-order chi connectivity index (χ1) is 15.5. The first-order valence-electron chi connectivity index (χ1n) is 10.4. The van der Waals surface area contributed by atoms with E-state index >= 15 is 0 Å². The lowest BCUT2D eigenvalue weighted by molar-refractivity contribution is 0.0526. The zero-order valence-corrected chi connectivity index (χ0v) is 18.6. The average Bonchev–Trinajstić information content (AvgIpc) is 3.60. The average molecular weight is 445 g/mol. The Bertz CT molecular complexity index is 1280. The predicted octanol–water partition coefficient (Wildman–Crippen LogP) is 5.36. The van der Waals surface area contributed by atoms with E-state index in [-0.39, 0.29) is 17.3 Å². The summed E-state index contributed by atoms with van der Waals surface area (Å²) in [5, 5.41) is 19.3. The fourth-order valence-electron chi connectivity index (χ4n) is 4.03. The van der Waals surface area contributed by atoms with Crippen molar-refractivity contribution in [1.29, 1.82) is 10.5 Å². The summed E-state index contributed by atoms with van der Waals surface area (Å²) in [5.41, 5.74) is 6.03. The molecule has 0 spiro atoms. The van der Waals surface area contributed by atoms with Crippen molar-refractivity contribution in [3.05, 3.63) is 75.3 Å². The van der Waals surface area contributed by atoms with Crippen molar-refractivity contribution in [2.75, 3.05) is 6.61 Å². The molecule has 160 valence electrons. The molecular weight excluding hydrogens is 424 g/mol. The minimum absolute atomic E-state index is 0.106. The van der Waals surface area contributed by atoms with Crippen LogP contribution >= 0.6 is 11.6 Å². The molecule has 0 saturated heterocycles. The maximum Gasteiger partial charge on any atom is 0.341 e. The molecule has 0 aliphatic heterocycles. The third-order valence-electron chi connectivity index (χ3n) is 5.67. The molecule has 3 aromatic rings. The van der Waals surface area contributed by atoms with Gasteiger partial charge in [-0.2, -0.15) is 10.5 Å². The van der Waals surface area contributed by atoms with Crippen molar-refractivity contribution in [2.45, 2.75) is 39.2 Å². The minimum atomic E-state index is -0.505. The smallest absolute Gasteiger partial charge is 0.341 e. The van der Waals surface area contributed by atoms with Crippen LogP contribution in [-0.4, -0.2) is 22.1 Å². The summed E-state index contributed by atoms with van der Waals surface area (Å²) in [6, 6.07) is 13.5. The molecule has 0 bridgehead atoms. The van der Waals surface area contributed by atoms with E-state index in [1.807, 2.05) is 19.1 Å². The number of carbonyl (C=O) groups excluding carboxylic acids is 1. The lowest BCUT2D eigenvalue weighted by Crippen LogP contribution is -2.10. The summed E-state index contributed by atoms with van der Waals surface area (Å²) >= 11 is 6.12. The summed E-state index contributed by atoms with van der Waals surface area (Å²) < 4.78 is 7.23. The first-order valence-corrected chi connectivity index (χ1v) is 10.8. The Balaban J connectivity index is 1.81. The highest BCUT2D eigenvalue weighted by molar-refractivity contribution is 6.32. The molecule has 7 heteroatoms. The molecule has 2 heterocycles. The molecule has 1 aromatic carbocycles. The second kappa shape index (κ2) is 8.86. The molecular formula is C25H21ClN4O2. The largest absolute Gasteiger partial charge is 0.462 e. The third kappa shape index (κ3) is 3.98. The Morgan fingerprint density at radius 1 is 1.25 bits per heavy atom. The van der Waals surface area contributed by atoms with Crippen LogP contribution in [0.15, 0.2) is 36.5 Å². The monoisotopic (exact) mass is 444 g/mol. The maximum absolute atomic E-state index is 12.2. The highest BCUT2D eigenvalue weighted by atomic mass is 35.5. The molecule has 0 unspecified atom stereocenters. The Morgan fingerprint density at radius 2 is 1.97 bits per heavy atom. The van der Waals surface area contributed by atoms with Gasteiger partial charge in [0.05, 0.1) is 29.4 Å². The van der Waals surface area contributed by atoms with E-state index in [9.17, 15) is 10.1 Å². The van der Waals surface area contributed by atoms with Gasteiger partial charge in [-0.3, -0.25) is 0 Å². The van der Waals surface area contributed by atoms with E-state index in [1.165, 1.54) is 0 Å². The van der Waals surface area contributed by atoms with Crippen molar-refractivity contribution < 1.29 is 9.53 Å². The molecule has 2 aromatic heterocycles. The third-order valence-corrected chi connectivity index (χ3v) is 5.98. The van der Waals surface area contributed by atoms with Gasteiger partial charge >= 0.3 is 5.97 Å². The van der Waals surface area contributed by atoms with E-state index in [4.69, 9.17) is 21.6 Å². The molecule has 1 saturated carbocycles. The molecule has 4 rings (SSSR count). The van der Waals surface area contributed by atoms with E-state index < -0.39 is 5.97 Å². The number of halogens is 1. The lowest BCUT2D eigenvalue weighted by atomic mass is 9.99. The number of benzene rings is 1. The lowest BCUT2D eigenvalue weighted by Gasteiger charge is -2.13. The predicted molar refractivity (Wildman–Crippen MR) is 120 cm³/mol. The summed E-state index contributed by atoms with van der Waals surface area (Å²) in [6.45, 7) is 4.44. The van der Waals surface area contributed by atoms with Crippen molar-refractivity contribution in [1.82, 2.24) is 9.55 Å². The Labute approximate surface area is 191 Å². The second-order valence-corrected chi connectivity index (χ2v) is 8.14. The van der Waals surface area contributed by atoms with E-state index in [2.05, 4.69) is 21.7 Å². The van der Waals surface area contributed by atoms with Crippen LogP contribution in [0.5, 0.6) is 0 Å². The van der Waals surface area contributed by atoms with Gasteiger partial charge in [0.25, 0.3) is 0 Å². The van der Waals surface area contributed by atoms with Crippen LogP contribution in [0, 0.1) is 29.6 Å². The summed E-state index contributed by atoms with van der Waals surface area (Å²) in [5.74, 6) is -0.172. The quantitative estimate of drug-likeness (QED) is 0.377. The number of nitriles is 2. The standard InChI is InChI=1S/C25H21ClN4O2/c1-3-32-25(31)20-10-17(13-29-24(20)26)14-30-15(2)22(18-6-4-16(11-27)5-7-18)21(12-28)23(30)19-8-9-19/h4-7,10,13,19H,3,8-9,14H2,1-2H3. The van der Waals surface area contributed by atoms with Crippen molar-refractivity contribution in [3.63, 3.8) is 0 Å². The number of pyridine rings is 1. The van der Waals surface area contributed by atoms with Gasteiger partial charge in [-0.25, -0.2) is 9.78 Å². The van der Waals surface area contributed by atoms with Crippen LogP contribution in [0.3, 0.4) is 0 Å². The van der Waals surface area contributed by atoms with Crippen molar-refractivity contribution >= 4 is 17.6 Å². The number of hydrogen-bond donors (Lipinski definition) is 0. The molecule has 1 fully saturated rings. The number of esters is 1. The van der Waals surface area contributed by atoms with Crippen LogP contribution in [0.1, 0.15) is 64.1 Å². The maximum atomic E-state index is 12.2. The number of nitrogens with zero attached hydrogens (tertiary/aromatic N) is 4. The number of ether oxygens (including phenoxy) is 1. The Kier molecular flexibility index (Phi) is 5.99. The van der Waals surface area contributed by atoms with Gasteiger partial charge < -0.3 is 9.30 Å². The zero-order valence-electron chi connectivity index (χ0n) is 17.9. The van der Waals surface area contributed by atoms with Crippen molar-refractivity contribution in [3.8, 4) is 23.3 Å². The highest BCUT2D eigenvalue weighted by Gasteiger charge is 2.33. The number of aromatic nitrogens is 2. The van der Waals surface area contributed by atoms with E-state index in [0.717, 1.165) is 40.9 Å². The van der Waals surface area contributed by atoms with Crippen LogP contribution in [0.4, 0.5) is 0 Å². The summed E-state index contributed by atoms with van der Waals surface area (Å²) in [6.07, 6.45) is 3.73.